The molecule has 4 nitrogen and oxygen atoms in total. The van der Waals surface area contributed by atoms with E-state index in [1.807, 2.05) is 24.3 Å². The second-order valence-corrected chi connectivity index (χ2v) is 7.42. The maximum Gasteiger partial charge on any atom is 0.317 e. The summed E-state index contributed by atoms with van der Waals surface area (Å²) >= 11 is 0. The van der Waals surface area contributed by atoms with Crippen molar-refractivity contribution >= 4 is 5.97 Å². The molecule has 0 amide bonds. The van der Waals surface area contributed by atoms with Crippen molar-refractivity contribution < 1.29 is 19.0 Å². The van der Waals surface area contributed by atoms with E-state index >= 15 is 0 Å². The average molecular weight is 359 g/mol. The standard InChI is InChI=1S/C21H26FNO3/c1-21(2,3)17-13-15(16-7-5-6-8-18(16)22)9-10-19(17)26-12-11-23(4)14-20(24)25/h5-10,13H,11-12,14H2,1-4H3,(H,24,25). The number of likely N-dealkylation sites (N-methyl/N-ethyl adjacent to an activating group) is 1. The first-order valence-corrected chi connectivity index (χ1v) is 8.61. The first-order valence-electron chi connectivity index (χ1n) is 8.61. The summed E-state index contributed by atoms with van der Waals surface area (Å²) in [6.45, 7) is 7.10. The molecular formula is C21H26FNO3. The fraction of sp³-hybridized carbons (Fsp3) is 0.381. The molecule has 0 aliphatic carbocycles. The Hall–Kier alpha value is -2.40. The largest absolute Gasteiger partial charge is 0.492 e. The smallest absolute Gasteiger partial charge is 0.317 e. The van der Waals surface area contributed by atoms with Crippen LogP contribution in [0.4, 0.5) is 4.39 Å². The van der Waals surface area contributed by atoms with E-state index in [9.17, 15) is 9.18 Å². The Bertz CT molecular complexity index is 768. The second-order valence-electron chi connectivity index (χ2n) is 7.42. The summed E-state index contributed by atoms with van der Waals surface area (Å²) in [6.07, 6.45) is 0. The Morgan fingerprint density at radius 1 is 1.19 bits per heavy atom. The van der Waals surface area contributed by atoms with Crippen LogP contribution in [0.25, 0.3) is 11.1 Å². The number of hydrogen-bond donors (Lipinski definition) is 1. The van der Waals surface area contributed by atoms with Crippen LogP contribution in [0, 0.1) is 5.82 Å². The summed E-state index contributed by atoms with van der Waals surface area (Å²) in [7, 11) is 1.74. The van der Waals surface area contributed by atoms with Gasteiger partial charge in [-0.3, -0.25) is 9.69 Å². The van der Waals surface area contributed by atoms with Crippen molar-refractivity contribution in [1.29, 1.82) is 0 Å². The number of carboxylic acid groups (broad SMARTS) is 1. The number of carboxylic acids is 1. The summed E-state index contributed by atoms with van der Waals surface area (Å²) in [4.78, 5) is 12.4. The van der Waals surface area contributed by atoms with E-state index in [1.54, 1.807) is 24.1 Å². The highest BCUT2D eigenvalue weighted by Crippen LogP contribution is 2.35. The molecule has 0 radical (unpaired) electrons. The molecule has 0 aliphatic rings. The molecule has 140 valence electrons. The average Bonchev–Trinajstić information content (AvgIpc) is 2.54. The van der Waals surface area contributed by atoms with Gasteiger partial charge in [-0.15, -0.1) is 0 Å². The van der Waals surface area contributed by atoms with Crippen molar-refractivity contribution in [3.8, 4) is 16.9 Å². The molecule has 2 aromatic rings. The molecule has 2 aromatic carbocycles. The van der Waals surface area contributed by atoms with E-state index in [4.69, 9.17) is 9.84 Å². The molecule has 1 N–H and O–H groups in total. The zero-order valence-electron chi connectivity index (χ0n) is 15.8. The lowest BCUT2D eigenvalue weighted by atomic mass is 9.84. The van der Waals surface area contributed by atoms with Gasteiger partial charge in [0.1, 0.15) is 18.2 Å². The van der Waals surface area contributed by atoms with E-state index in [2.05, 4.69) is 20.8 Å². The Morgan fingerprint density at radius 2 is 1.88 bits per heavy atom. The molecule has 0 heterocycles. The van der Waals surface area contributed by atoms with E-state index in [0.29, 0.717) is 18.7 Å². The van der Waals surface area contributed by atoms with Gasteiger partial charge in [-0.05, 0) is 36.2 Å². The van der Waals surface area contributed by atoms with Gasteiger partial charge >= 0.3 is 5.97 Å². The molecule has 26 heavy (non-hydrogen) atoms. The van der Waals surface area contributed by atoms with E-state index in [1.165, 1.54) is 6.07 Å². The zero-order valence-corrected chi connectivity index (χ0v) is 15.8. The van der Waals surface area contributed by atoms with Crippen molar-refractivity contribution in [3.63, 3.8) is 0 Å². The topological polar surface area (TPSA) is 49.8 Å². The lowest BCUT2D eigenvalue weighted by Gasteiger charge is -2.24. The highest BCUT2D eigenvalue weighted by Gasteiger charge is 2.20. The Labute approximate surface area is 154 Å². The van der Waals surface area contributed by atoms with Gasteiger partial charge < -0.3 is 9.84 Å². The molecule has 0 unspecified atom stereocenters. The Kier molecular flexibility index (Phi) is 6.37. The number of benzene rings is 2. The van der Waals surface area contributed by atoms with Crippen LogP contribution in [0.1, 0.15) is 26.3 Å². The number of hydrogen-bond acceptors (Lipinski definition) is 3. The van der Waals surface area contributed by atoms with Crippen LogP contribution in [-0.4, -0.2) is 42.7 Å². The number of carbonyl (C=O) groups is 1. The summed E-state index contributed by atoms with van der Waals surface area (Å²) in [5.74, 6) is -0.380. The van der Waals surface area contributed by atoms with Gasteiger partial charge in [0.2, 0.25) is 0 Å². The molecular weight excluding hydrogens is 333 g/mol. The van der Waals surface area contributed by atoms with Crippen LogP contribution in [0.2, 0.25) is 0 Å². The second kappa shape index (κ2) is 8.32. The fourth-order valence-corrected chi connectivity index (χ4v) is 2.73. The van der Waals surface area contributed by atoms with Gasteiger partial charge in [0, 0.05) is 17.7 Å². The Morgan fingerprint density at radius 3 is 2.50 bits per heavy atom. The number of halogens is 1. The first-order chi connectivity index (χ1) is 12.2. The van der Waals surface area contributed by atoms with Crippen LogP contribution in [0.15, 0.2) is 42.5 Å². The predicted octanol–water partition coefficient (Wildman–Crippen LogP) is 4.19. The van der Waals surface area contributed by atoms with Crippen LogP contribution in [0.5, 0.6) is 5.75 Å². The van der Waals surface area contributed by atoms with Gasteiger partial charge in [-0.25, -0.2) is 4.39 Å². The van der Waals surface area contributed by atoms with E-state index in [-0.39, 0.29) is 17.8 Å². The van der Waals surface area contributed by atoms with Crippen molar-refractivity contribution in [2.45, 2.75) is 26.2 Å². The molecule has 0 saturated carbocycles. The molecule has 0 atom stereocenters. The SMILES string of the molecule is CN(CCOc1ccc(-c2ccccc2F)cc1C(C)(C)C)CC(=O)O. The van der Waals surface area contributed by atoms with Crippen molar-refractivity contribution in [3.05, 3.63) is 53.8 Å². The monoisotopic (exact) mass is 359 g/mol. The molecule has 0 fully saturated rings. The number of ether oxygens (including phenoxy) is 1. The molecule has 0 saturated heterocycles. The molecule has 2 rings (SSSR count). The molecule has 0 bridgehead atoms. The summed E-state index contributed by atoms with van der Waals surface area (Å²) < 4.78 is 20.0. The molecule has 5 heteroatoms. The van der Waals surface area contributed by atoms with E-state index in [0.717, 1.165) is 16.9 Å². The third kappa shape index (κ3) is 5.30. The third-order valence-electron chi connectivity index (χ3n) is 4.11. The van der Waals surface area contributed by atoms with Crippen LogP contribution in [0.3, 0.4) is 0 Å². The minimum absolute atomic E-state index is 0.0261. The number of aliphatic carboxylic acids is 1. The normalized spacial score (nSPS) is 11.6. The zero-order chi connectivity index (χ0) is 19.3. The van der Waals surface area contributed by atoms with Crippen molar-refractivity contribution in [2.75, 3.05) is 26.7 Å². The van der Waals surface area contributed by atoms with Gasteiger partial charge in [0.05, 0.1) is 6.54 Å². The maximum absolute atomic E-state index is 14.1. The van der Waals surface area contributed by atoms with Gasteiger partial charge in [-0.1, -0.05) is 45.0 Å². The van der Waals surface area contributed by atoms with Crippen molar-refractivity contribution in [1.82, 2.24) is 4.90 Å². The van der Waals surface area contributed by atoms with Gasteiger partial charge in [0.25, 0.3) is 0 Å². The lowest BCUT2D eigenvalue weighted by Crippen LogP contribution is -2.30. The highest BCUT2D eigenvalue weighted by atomic mass is 19.1. The number of rotatable bonds is 7. The summed E-state index contributed by atoms with van der Waals surface area (Å²) in [5, 5.41) is 8.80. The third-order valence-corrected chi connectivity index (χ3v) is 4.11. The van der Waals surface area contributed by atoms with Gasteiger partial charge in [0.15, 0.2) is 0 Å². The molecule has 0 aromatic heterocycles. The first kappa shape index (κ1) is 19.9. The van der Waals surface area contributed by atoms with E-state index < -0.39 is 5.97 Å². The fourth-order valence-electron chi connectivity index (χ4n) is 2.73. The predicted molar refractivity (Wildman–Crippen MR) is 101 cm³/mol. The lowest BCUT2D eigenvalue weighted by molar-refractivity contribution is -0.138. The van der Waals surface area contributed by atoms with Crippen molar-refractivity contribution in [2.24, 2.45) is 0 Å². The minimum atomic E-state index is -0.864. The summed E-state index contributed by atoms with van der Waals surface area (Å²) in [5.41, 5.74) is 2.18. The number of nitrogens with zero attached hydrogens (tertiary/aromatic N) is 1. The molecule has 0 spiro atoms. The van der Waals surface area contributed by atoms with Crippen LogP contribution < -0.4 is 4.74 Å². The van der Waals surface area contributed by atoms with Crippen LogP contribution in [-0.2, 0) is 10.2 Å². The van der Waals surface area contributed by atoms with Crippen LogP contribution >= 0.6 is 0 Å². The molecule has 0 aliphatic heterocycles. The Balaban J connectivity index is 2.22. The van der Waals surface area contributed by atoms with Gasteiger partial charge in [-0.2, -0.15) is 0 Å². The minimum Gasteiger partial charge on any atom is -0.492 e. The highest BCUT2D eigenvalue weighted by molar-refractivity contribution is 5.69. The quantitative estimate of drug-likeness (QED) is 0.805. The maximum atomic E-state index is 14.1. The summed E-state index contributed by atoms with van der Waals surface area (Å²) in [6, 6.07) is 12.4.